The normalized spacial score (nSPS) is 22.8. The van der Waals surface area contributed by atoms with Gasteiger partial charge in [-0.2, -0.15) is 10.4 Å². The van der Waals surface area contributed by atoms with E-state index in [1.807, 2.05) is 0 Å². The summed E-state index contributed by atoms with van der Waals surface area (Å²) in [5.41, 5.74) is 0.644. The van der Waals surface area contributed by atoms with Crippen molar-refractivity contribution in [3.63, 3.8) is 0 Å². The van der Waals surface area contributed by atoms with Crippen LogP contribution in [0.15, 0.2) is 12.3 Å². The largest absolute Gasteiger partial charge is 0.351 e. The van der Waals surface area contributed by atoms with Crippen molar-refractivity contribution in [3.05, 3.63) is 17.8 Å². The summed E-state index contributed by atoms with van der Waals surface area (Å²) < 4.78 is 0. The predicted molar refractivity (Wildman–Crippen MR) is 72.7 cm³/mol. The van der Waals surface area contributed by atoms with Crippen molar-refractivity contribution >= 4 is 5.82 Å². The molecular weight excluding hydrogens is 238 g/mol. The number of anilines is 1. The van der Waals surface area contributed by atoms with E-state index in [9.17, 15) is 5.26 Å². The third-order valence-corrected chi connectivity index (χ3v) is 3.94. The van der Waals surface area contributed by atoms with Crippen molar-refractivity contribution in [3.8, 4) is 6.07 Å². The van der Waals surface area contributed by atoms with E-state index in [0.29, 0.717) is 17.5 Å². The highest BCUT2D eigenvalue weighted by molar-refractivity contribution is 5.54. The van der Waals surface area contributed by atoms with Gasteiger partial charge in [-0.3, -0.25) is 0 Å². The first-order valence-corrected chi connectivity index (χ1v) is 7.07. The molecule has 1 N–H and O–H groups in total. The lowest BCUT2D eigenvalue weighted by Gasteiger charge is -2.31. The lowest BCUT2D eigenvalue weighted by Crippen LogP contribution is -2.40. The van der Waals surface area contributed by atoms with E-state index in [4.69, 9.17) is 0 Å². The van der Waals surface area contributed by atoms with E-state index in [0.717, 1.165) is 25.5 Å². The van der Waals surface area contributed by atoms with Crippen LogP contribution in [0.1, 0.15) is 31.2 Å². The molecule has 2 aliphatic rings. The molecule has 1 atom stereocenters. The van der Waals surface area contributed by atoms with Crippen LogP contribution in [0.25, 0.3) is 0 Å². The van der Waals surface area contributed by atoms with Gasteiger partial charge >= 0.3 is 0 Å². The number of aromatic nitrogens is 2. The van der Waals surface area contributed by atoms with Gasteiger partial charge in [-0.15, -0.1) is 5.10 Å². The summed E-state index contributed by atoms with van der Waals surface area (Å²) in [5.74, 6) is 1.43. The fourth-order valence-corrected chi connectivity index (χ4v) is 2.78. The molecule has 0 radical (unpaired) electrons. The van der Waals surface area contributed by atoms with E-state index < -0.39 is 0 Å². The maximum atomic E-state index is 9.22. The van der Waals surface area contributed by atoms with Gasteiger partial charge < -0.3 is 10.2 Å². The third kappa shape index (κ3) is 2.85. The maximum absolute atomic E-state index is 9.22. The second-order valence-corrected chi connectivity index (χ2v) is 5.48. The molecule has 2 fully saturated rings. The monoisotopic (exact) mass is 257 g/mol. The summed E-state index contributed by atoms with van der Waals surface area (Å²) in [7, 11) is 0. The minimum Gasteiger partial charge on any atom is -0.351 e. The summed E-state index contributed by atoms with van der Waals surface area (Å²) >= 11 is 0. The molecule has 1 aromatic rings. The Hall–Kier alpha value is -1.67. The molecule has 100 valence electrons. The van der Waals surface area contributed by atoms with Crippen LogP contribution >= 0.6 is 0 Å². The molecule has 1 unspecified atom stereocenters. The standard InChI is InChI=1S/C14H19N5/c15-8-12-5-7-17-18-14(12)19(13-3-4-13)10-11-2-1-6-16-9-11/h5,7,11,13,16H,1-4,6,9-10H2. The smallest absolute Gasteiger partial charge is 0.169 e. The lowest BCUT2D eigenvalue weighted by molar-refractivity contribution is 0.375. The van der Waals surface area contributed by atoms with Crippen LogP contribution in [0.3, 0.4) is 0 Å². The fraction of sp³-hybridized carbons (Fsp3) is 0.643. The van der Waals surface area contributed by atoms with Gasteiger partial charge in [0.25, 0.3) is 0 Å². The van der Waals surface area contributed by atoms with Crippen LogP contribution in [0, 0.1) is 17.2 Å². The lowest BCUT2D eigenvalue weighted by atomic mass is 9.99. The van der Waals surface area contributed by atoms with E-state index in [1.54, 1.807) is 12.3 Å². The van der Waals surface area contributed by atoms with Gasteiger partial charge in [0.1, 0.15) is 6.07 Å². The quantitative estimate of drug-likeness (QED) is 0.881. The second-order valence-electron chi connectivity index (χ2n) is 5.48. The predicted octanol–water partition coefficient (Wildman–Crippen LogP) is 1.32. The Balaban J connectivity index is 1.78. The molecule has 5 nitrogen and oxygen atoms in total. The molecule has 1 saturated carbocycles. The second kappa shape index (κ2) is 5.54. The van der Waals surface area contributed by atoms with Crippen LogP contribution in [-0.4, -0.2) is 35.9 Å². The number of hydrogen-bond donors (Lipinski definition) is 1. The Morgan fingerprint density at radius 2 is 2.32 bits per heavy atom. The van der Waals surface area contributed by atoms with Crippen molar-refractivity contribution < 1.29 is 0 Å². The van der Waals surface area contributed by atoms with Crippen LogP contribution in [-0.2, 0) is 0 Å². The Morgan fingerprint density at radius 1 is 1.42 bits per heavy atom. The molecular formula is C14H19N5. The van der Waals surface area contributed by atoms with Crippen LogP contribution in [0.5, 0.6) is 0 Å². The van der Waals surface area contributed by atoms with Gasteiger partial charge in [0.2, 0.25) is 0 Å². The summed E-state index contributed by atoms with van der Waals surface area (Å²) in [6, 6.07) is 4.56. The molecule has 1 aromatic heterocycles. The van der Waals surface area contributed by atoms with Crippen molar-refractivity contribution in [2.24, 2.45) is 5.92 Å². The topological polar surface area (TPSA) is 64.8 Å². The average Bonchev–Trinajstić information content (AvgIpc) is 3.30. The van der Waals surface area contributed by atoms with Gasteiger partial charge in [0.15, 0.2) is 5.82 Å². The molecule has 0 bridgehead atoms. The number of rotatable bonds is 4. The number of piperidine rings is 1. The molecule has 0 amide bonds. The summed E-state index contributed by atoms with van der Waals surface area (Å²) in [4.78, 5) is 2.31. The minimum atomic E-state index is 0.561. The first kappa shape index (κ1) is 12.4. The first-order chi connectivity index (χ1) is 9.38. The average molecular weight is 257 g/mol. The van der Waals surface area contributed by atoms with Gasteiger partial charge in [0.05, 0.1) is 11.8 Å². The number of nitrogens with zero attached hydrogens (tertiary/aromatic N) is 4. The highest BCUT2D eigenvalue weighted by Gasteiger charge is 2.33. The summed E-state index contributed by atoms with van der Waals surface area (Å²) in [6.45, 7) is 3.20. The van der Waals surface area contributed by atoms with Crippen LogP contribution in [0.4, 0.5) is 5.82 Å². The maximum Gasteiger partial charge on any atom is 0.169 e. The Bertz CT molecular complexity index is 471. The Labute approximate surface area is 113 Å². The van der Waals surface area contributed by atoms with Crippen molar-refractivity contribution in [1.82, 2.24) is 15.5 Å². The van der Waals surface area contributed by atoms with Crippen molar-refractivity contribution in [1.29, 1.82) is 5.26 Å². The van der Waals surface area contributed by atoms with Crippen LogP contribution < -0.4 is 10.2 Å². The molecule has 3 rings (SSSR count). The Kier molecular flexibility index (Phi) is 3.60. The summed E-state index contributed by atoms with van der Waals surface area (Å²) in [6.07, 6.45) is 6.52. The number of nitriles is 1. The molecule has 0 aromatic carbocycles. The zero-order valence-electron chi connectivity index (χ0n) is 11.0. The van der Waals surface area contributed by atoms with Crippen LogP contribution in [0.2, 0.25) is 0 Å². The zero-order valence-corrected chi connectivity index (χ0v) is 11.0. The molecule has 1 aliphatic carbocycles. The molecule has 1 saturated heterocycles. The van der Waals surface area contributed by atoms with E-state index >= 15 is 0 Å². The molecule has 0 spiro atoms. The minimum absolute atomic E-state index is 0.561. The Morgan fingerprint density at radius 3 is 3.00 bits per heavy atom. The highest BCUT2D eigenvalue weighted by Crippen LogP contribution is 2.33. The molecule has 2 heterocycles. The molecule has 1 aliphatic heterocycles. The van der Waals surface area contributed by atoms with E-state index in [1.165, 1.54) is 25.7 Å². The van der Waals surface area contributed by atoms with Gasteiger partial charge in [-0.25, -0.2) is 0 Å². The first-order valence-electron chi connectivity index (χ1n) is 7.07. The molecule has 19 heavy (non-hydrogen) atoms. The number of nitrogens with one attached hydrogen (secondary N) is 1. The van der Waals surface area contributed by atoms with Crippen molar-refractivity contribution in [2.75, 3.05) is 24.5 Å². The number of hydrogen-bond acceptors (Lipinski definition) is 5. The van der Waals surface area contributed by atoms with Gasteiger partial charge in [-0.1, -0.05) is 0 Å². The fourth-order valence-electron chi connectivity index (χ4n) is 2.78. The highest BCUT2D eigenvalue weighted by atomic mass is 15.3. The summed E-state index contributed by atoms with van der Waals surface area (Å²) in [5, 5.41) is 20.8. The zero-order chi connectivity index (χ0) is 13.1. The van der Waals surface area contributed by atoms with Gasteiger partial charge in [0, 0.05) is 12.6 Å². The van der Waals surface area contributed by atoms with Gasteiger partial charge in [-0.05, 0) is 50.8 Å². The van der Waals surface area contributed by atoms with E-state index in [-0.39, 0.29) is 0 Å². The molecule has 5 heteroatoms. The third-order valence-electron chi connectivity index (χ3n) is 3.94. The van der Waals surface area contributed by atoms with Crippen molar-refractivity contribution in [2.45, 2.75) is 31.7 Å². The van der Waals surface area contributed by atoms with E-state index in [2.05, 4.69) is 26.5 Å². The SMILES string of the molecule is N#Cc1ccnnc1N(CC1CCCNC1)C1CC1.